The number of aliphatic carboxylic acids is 1. The van der Waals surface area contributed by atoms with E-state index in [1.54, 1.807) is 26.0 Å². The van der Waals surface area contributed by atoms with E-state index in [-0.39, 0.29) is 24.3 Å². The average molecular weight is 312 g/mol. The number of rotatable bonds is 6. The van der Waals surface area contributed by atoms with Crippen molar-refractivity contribution in [2.75, 3.05) is 0 Å². The minimum absolute atomic E-state index is 0.0564. The van der Waals surface area contributed by atoms with E-state index in [0.29, 0.717) is 5.02 Å². The Balaban J connectivity index is 2.82. The minimum Gasteiger partial charge on any atom is -0.481 e. The first kappa shape index (κ1) is 17.5. The molecule has 0 spiro atoms. The predicted octanol–water partition coefficient (Wildman–Crippen LogP) is 3.65. The molecule has 1 aromatic rings. The number of halogens is 1. The summed E-state index contributed by atoms with van der Waals surface area (Å²) in [5, 5.41) is 12.6. The van der Waals surface area contributed by atoms with Gasteiger partial charge in [-0.1, -0.05) is 37.6 Å². The summed E-state index contributed by atoms with van der Waals surface area (Å²) in [5.41, 5.74) is -0.123. The number of carboxylic acid groups (broad SMARTS) is 1. The molecule has 0 aliphatic carbocycles. The molecule has 4 nitrogen and oxygen atoms in total. The summed E-state index contributed by atoms with van der Waals surface area (Å²) in [7, 11) is 0. The topological polar surface area (TPSA) is 66.4 Å². The van der Waals surface area contributed by atoms with Crippen molar-refractivity contribution in [3.63, 3.8) is 0 Å². The highest BCUT2D eigenvalue weighted by molar-refractivity contribution is 6.30. The SMILES string of the molecule is CC(C)C(NC(=O)CC(C)(C)C(=O)O)c1ccc(Cl)cc1. The van der Waals surface area contributed by atoms with Gasteiger partial charge in [0.15, 0.2) is 0 Å². The Morgan fingerprint density at radius 3 is 2.19 bits per heavy atom. The molecular formula is C16H22ClNO3. The van der Waals surface area contributed by atoms with Gasteiger partial charge >= 0.3 is 5.97 Å². The fraction of sp³-hybridized carbons (Fsp3) is 0.500. The first-order chi connectivity index (χ1) is 9.63. The summed E-state index contributed by atoms with van der Waals surface area (Å²) in [6.45, 7) is 7.09. The molecule has 0 aliphatic rings. The van der Waals surface area contributed by atoms with Gasteiger partial charge in [0.05, 0.1) is 11.5 Å². The number of benzene rings is 1. The molecule has 1 atom stereocenters. The Morgan fingerprint density at radius 2 is 1.76 bits per heavy atom. The largest absolute Gasteiger partial charge is 0.481 e. The summed E-state index contributed by atoms with van der Waals surface area (Å²) >= 11 is 5.87. The van der Waals surface area contributed by atoms with Crippen LogP contribution in [-0.4, -0.2) is 17.0 Å². The van der Waals surface area contributed by atoms with Crippen molar-refractivity contribution in [3.05, 3.63) is 34.9 Å². The van der Waals surface area contributed by atoms with E-state index in [9.17, 15) is 9.59 Å². The fourth-order valence-electron chi connectivity index (χ4n) is 2.01. The zero-order chi connectivity index (χ0) is 16.2. The minimum atomic E-state index is -1.08. The number of carbonyl (C=O) groups excluding carboxylic acids is 1. The molecule has 0 aromatic heterocycles. The van der Waals surface area contributed by atoms with Crippen LogP contribution in [0.3, 0.4) is 0 Å². The highest BCUT2D eigenvalue weighted by Crippen LogP contribution is 2.25. The van der Waals surface area contributed by atoms with Crippen LogP contribution in [0.15, 0.2) is 24.3 Å². The van der Waals surface area contributed by atoms with Crippen LogP contribution in [0.2, 0.25) is 5.02 Å². The lowest BCUT2D eigenvalue weighted by molar-refractivity contribution is -0.149. The lowest BCUT2D eigenvalue weighted by atomic mass is 9.88. The van der Waals surface area contributed by atoms with Crippen LogP contribution >= 0.6 is 11.6 Å². The molecule has 5 heteroatoms. The van der Waals surface area contributed by atoms with E-state index in [1.807, 2.05) is 26.0 Å². The molecule has 2 N–H and O–H groups in total. The van der Waals surface area contributed by atoms with Crippen molar-refractivity contribution in [1.82, 2.24) is 5.32 Å². The van der Waals surface area contributed by atoms with Crippen molar-refractivity contribution >= 4 is 23.5 Å². The monoisotopic (exact) mass is 311 g/mol. The normalized spacial score (nSPS) is 13.0. The smallest absolute Gasteiger partial charge is 0.309 e. The molecule has 1 aromatic carbocycles. The Labute approximate surface area is 130 Å². The van der Waals surface area contributed by atoms with Crippen LogP contribution in [0.1, 0.15) is 45.7 Å². The van der Waals surface area contributed by atoms with Gasteiger partial charge in [0, 0.05) is 11.4 Å². The zero-order valence-corrected chi connectivity index (χ0v) is 13.6. The van der Waals surface area contributed by atoms with E-state index in [1.165, 1.54) is 0 Å². The summed E-state index contributed by atoms with van der Waals surface area (Å²) in [6.07, 6.45) is -0.0564. The number of hydrogen-bond donors (Lipinski definition) is 2. The van der Waals surface area contributed by atoms with Crippen molar-refractivity contribution < 1.29 is 14.7 Å². The third-order valence-corrected chi connectivity index (χ3v) is 3.65. The van der Waals surface area contributed by atoms with E-state index in [2.05, 4.69) is 5.32 Å². The Morgan fingerprint density at radius 1 is 1.24 bits per heavy atom. The molecule has 21 heavy (non-hydrogen) atoms. The zero-order valence-electron chi connectivity index (χ0n) is 12.8. The lowest BCUT2D eigenvalue weighted by Gasteiger charge is -2.25. The van der Waals surface area contributed by atoms with Gasteiger partial charge in [-0.2, -0.15) is 0 Å². The molecule has 0 bridgehead atoms. The van der Waals surface area contributed by atoms with Gasteiger partial charge in [-0.15, -0.1) is 0 Å². The maximum Gasteiger partial charge on any atom is 0.309 e. The first-order valence-corrected chi connectivity index (χ1v) is 7.29. The molecular weight excluding hydrogens is 290 g/mol. The summed E-state index contributed by atoms with van der Waals surface area (Å²) in [5.74, 6) is -1.07. The molecule has 0 saturated carbocycles. The van der Waals surface area contributed by atoms with Crippen LogP contribution in [0.25, 0.3) is 0 Å². The summed E-state index contributed by atoms with van der Waals surface area (Å²) < 4.78 is 0. The third kappa shape index (κ3) is 5.05. The highest BCUT2D eigenvalue weighted by atomic mass is 35.5. The van der Waals surface area contributed by atoms with Gasteiger partial charge in [-0.05, 0) is 37.5 Å². The van der Waals surface area contributed by atoms with E-state index in [4.69, 9.17) is 16.7 Å². The van der Waals surface area contributed by atoms with Gasteiger partial charge in [-0.3, -0.25) is 9.59 Å². The summed E-state index contributed by atoms with van der Waals surface area (Å²) in [6, 6.07) is 7.13. The van der Waals surface area contributed by atoms with Crippen molar-refractivity contribution in [1.29, 1.82) is 0 Å². The van der Waals surface area contributed by atoms with Gasteiger partial charge in [0.1, 0.15) is 0 Å². The van der Waals surface area contributed by atoms with E-state index >= 15 is 0 Å². The molecule has 0 heterocycles. The van der Waals surface area contributed by atoms with Gasteiger partial charge in [-0.25, -0.2) is 0 Å². The van der Waals surface area contributed by atoms with Gasteiger partial charge < -0.3 is 10.4 Å². The van der Waals surface area contributed by atoms with Gasteiger partial charge in [0.25, 0.3) is 0 Å². The van der Waals surface area contributed by atoms with Crippen molar-refractivity contribution in [2.45, 2.75) is 40.2 Å². The van der Waals surface area contributed by atoms with Crippen LogP contribution in [0.5, 0.6) is 0 Å². The van der Waals surface area contributed by atoms with E-state index < -0.39 is 11.4 Å². The quantitative estimate of drug-likeness (QED) is 0.842. The van der Waals surface area contributed by atoms with Crippen LogP contribution < -0.4 is 5.32 Å². The Kier molecular flexibility index (Phi) is 5.78. The van der Waals surface area contributed by atoms with Crippen LogP contribution in [0, 0.1) is 11.3 Å². The first-order valence-electron chi connectivity index (χ1n) is 6.91. The predicted molar refractivity (Wildman–Crippen MR) is 83.2 cm³/mol. The van der Waals surface area contributed by atoms with Crippen molar-refractivity contribution in [2.24, 2.45) is 11.3 Å². The van der Waals surface area contributed by atoms with Crippen LogP contribution in [0.4, 0.5) is 0 Å². The Hall–Kier alpha value is -1.55. The summed E-state index contributed by atoms with van der Waals surface area (Å²) in [4.78, 5) is 23.2. The number of nitrogens with one attached hydrogen (secondary N) is 1. The molecule has 0 aliphatic heterocycles. The molecule has 0 radical (unpaired) electrons. The molecule has 0 fully saturated rings. The maximum absolute atomic E-state index is 12.1. The fourth-order valence-corrected chi connectivity index (χ4v) is 2.13. The average Bonchev–Trinajstić information content (AvgIpc) is 2.36. The molecule has 116 valence electrons. The number of hydrogen-bond acceptors (Lipinski definition) is 2. The molecule has 1 unspecified atom stereocenters. The van der Waals surface area contributed by atoms with E-state index in [0.717, 1.165) is 5.56 Å². The number of carbonyl (C=O) groups is 2. The van der Waals surface area contributed by atoms with Gasteiger partial charge in [0.2, 0.25) is 5.91 Å². The van der Waals surface area contributed by atoms with Crippen LogP contribution in [-0.2, 0) is 9.59 Å². The lowest BCUT2D eigenvalue weighted by Crippen LogP contribution is -2.37. The maximum atomic E-state index is 12.1. The highest BCUT2D eigenvalue weighted by Gasteiger charge is 2.31. The molecule has 0 saturated heterocycles. The Bertz CT molecular complexity index is 509. The molecule has 1 rings (SSSR count). The second-order valence-corrected chi connectivity index (χ2v) is 6.64. The van der Waals surface area contributed by atoms with Crippen molar-refractivity contribution in [3.8, 4) is 0 Å². The molecule has 1 amide bonds. The third-order valence-electron chi connectivity index (χ3n) is 3.39. The second-order valence-electron chi connectivity index (χ2n) is 6.21. The second kappa shape index (κ2) is 6.94. The number of amides is 1. The standard InChI is InChI=1S/C16H22ClNO3/c1-10(2)14(11-5-7-12(17)8-6-11)18-13(19)9-16(3,4)15(20)21/h5-8,10,14H,9H2,1-4H3,(H,18,19)(H,20,21). The number of carboxylic acids is 1.